The highest BCUT2D eigenvalue weighted by Gasteiger charge is 2.27. The molecule has 2 unspecified atom stereocenters. The highest BCUT2D eigenvalue weighted by atomic mass is 35.5. The zero-order valence-electron chi connectivity index (χ0n) is 12.4. The molecule has 6 nitrogen and oxygen atoms in total. The van der Waals surface area contributed by atoms with Gasteiger partial charge in [0.1, 0.15) is 5.75 Å². The summed E-state index contributed by atoms with van der Waals surface area (Å²) in [4.78, 5) is 11.9. The van der Waals surface area contributed by atoms with E-state index in [1.54, 1.807) is 13.8 Å². The summed E-state index contributed by atoms with van der Waals surface area (Å²) in [6.07, 6.45) is 1.89. The van der Waals surface area contributed by atoms with Gasteiger partial charge in [-0.2, -0.15) is 0 Å². The lowest BCUT2D eigenvalue weighted by Crippen LogP contribution is -2.53. The quantitative estimate of drug-likeness (QED) is 0.737. The third kappa shape index (κ3) is 5.55. The van der Waals surface area contributed by atoms with Crippen LogP contribution in [0.5, 0.6) is 0 Å². The topological polar surface area (TPSA) is 78.5 Å². The molecule has 0 aromatic heterocycles. The zero-order valence-corrected chi connectivity index (χ0v) is 14.0. The van der Waals surface area contributed by atoms with Crippen LogP contribution >= 0.6 is 12.4 Å². The molecule has 1 saturated heterocycles. The smallest absolute Gasteiger partial charge is 0.236 e. The molecule has 2 atom stereocenters. The second kappa shape index (κ2) is 8.81. The summed E-state index contributed by atoms with van der Waals surface area (Å²) in [6.45, 7) is 7.29. The summed E-state index contributed by atoms with van der Waals surface area (Å²) >= 11 is 0. The standard InChI is InChI=1S/C12H25N3O3S.ClH/c1-4-15(5-2)19(17,18)9-12(16)14-11-7-6-8-13-10(11)3;/h10-11,13H,4-9H2,1-3H3,(H,14,16);1H. The fraction of sp³-hybridized carbons (Fsp3) is 0.917. The number of carbonyl (C=O) groups is 1. The summed E-state index contributed by atoms with van der Waals surface area (Å²) < 4.78 is 25.3. The van der Waals surface area contributed by atoms with Crippen molar-refractivity contribution in [2.24, 2.45) is 0 Å². The van der Waals surface area contributed by atoms with E-state index in [0.29, 0.717) is 13.1 Å². The molecule has 0 bridgehead atoms. The van der Waals surface area contributed by atoms with Gasteiger partial charge in [0.2, 0.25) is 15.9 Å². The van der Waals surface area contributed by atoms with E-state index in [1.165, 1.54) is 4.31 Å². The lowest BCUT2D eigenvalue weighted by molar-refractivity contribution is -0.119. The first-order valence-corrected chi connectivity index (χ1v) is 8.52. The number of hydrogen-bond donors (Lipinski definition) is 2. The van der Waals surface area contributed by atoms with Crippen LogP contribution in [-0.2, 0) is 14.8 Å². The molecule has 1 fully saturated rings. The molecule has 0 spiro atoms. The highest BCUT2D eigenvalue weighted by molar-refractivity contribution is 7.89. The molecule has 20 heavy (non-hydrogen) atoms. The average molecular weight is 328 g/mol. The molecule has 1 aliphatic heterocycles. The Morgan fingerprint density at radius 1 is 1.35 bits per heavy atom. The monoisotopic (exact) mass is 327 g/mol. The van der Waals surface area contributed by atoms with Gasteiger partial charge in [0, 0.05) is 25.2 Å². The van der Waals surface area contributed by atoms with E-state index in [2.05, 4.69) is 10.6 Å². The van der Waals surface area contributed by atoms with Crippen molar-refractivity contribution < 1.29 is 13.2 Å². The van der Waals surface area contributed by atoms with Gasteiger partial charge in [-0.05, 0) is 26.3 Å². The van der Waals surface area contributed by atoms with Gasteiger partial charge in [0.15, 0.2) is 0 Å². The number of carbonyl (C=O) groups excluding carboxylic acids is 1. The largest absolute Gasteiger partial charge is 0.351 e. The average Bonchev–Trinajstić information content (AvgIpc) is 2.32. The maximum Gasteiger partial charge on any atom is 0.236 e. The number of halogens is 1. The predicted octanol–water partition coefficient (Wildman–Crippen LogP) is 0.337. The van der Waals surface area contributed by atoms with Crippen LogP contribution in [0, 0.1) is 0 Å². The maximum absolute atomic E-state index is 12.0. The first kappa shape index (κ1) is 19.6. The Labute approximate surface area is 128 Å². The number of sulfonamides is 1. The van der Waals surface area contributed by atoms with Crippen molar-refractivity contribution in [1.29, 1.82) is 0 Å². The van der Waals surface area contributed by atoms with E-state index < -0.39 is 21.7 Å². The lowest BCUT2D eigenvalue weighted by Gasteiger charge is -2.30. The first-order valence-electron chi connectivity index (χ1n) is 6.91. The minimum atomic E-state index is -3.49. The number of hydrogen-bond acceptors (Lipinski definition) is 4. The van der Waals surface area contributed by atoms with Crippen LogP contribution < -0.4 is 10.6 Å². The molecule has 1 heterocycles. The van der Waals surface area contributed by atoms with Crippen molar-refractivity contribution in [2.45, 2.75) is 45.7 Å². The van der Waals surface area contributed by atoms with Gasteiger partial charge in [0.05, 0.1) is 0 Å². The summed E-state index contributed by atoms with van der Waals surface area (Å²) in [7, 11) is -3.49. The predicted molar refractivity (Wildman–Crippen MR) is 82.6 cm³/mol. The molecule has 2 N–H and O–H groups in total. The summed E-state index contributed by atoms with van der Waals surface area (Å²) in [5, 5.41) is 6.09. The molecule has 1 rings (SSSR count). The van der Waals surface area contributed by atoms with E-state index in [1.807, 2.05) is 6.92 Å². The Bertz CT molecular complexity index is 399. The van der Waals surface area contributed by atoms with Crippen molar-refractivity contribution in [1.82, 2.24) is 14.9 Å². The maximum atomic E-state index is 12.0. The second-order valence-electron chi connectivity index (χ2n) is 4.90. The van der Waals surface area contributed by atoms with Gasteiger partial charge in [-0.1, -0.05) is 13.8 Å². The van der Waals surface area contributed by atoms with Crippen molar-refractivity contribution >= 4 is 28.3 Å². The fourth-order valence-corrected chi connectivity index (χ4v) is 3.75. The highest BCUT2D eigenvalue weighted by Crippen LogP contribution is 2.08. The van der Waals surface area contributed by atoms with Gasteiger partial charge in [-0.25, -0.2) is 12.7 Å². The molecule has 0 aromatic carbocycles. The minimum Gasteiger partial charge on any atom is -0.351 e. The third-order valence-electron chi connectivity index (χ3n) is 3.52. The summed E-state index contributed by atoms with van der Waals surface area (Å²) in [5.74, 6) is -0.870. The van der Waals surface area contributed by atoms with Gasteiger partial charge in [0.25, 0.3) is 0 Å². The Morgan fingerprint density at radius 2 is 1.95 bits per heavy atom. The molecule has 0 radical (unpaired) electrons. The van der Waals surface area contributed by atoms with Crippen LogP contribution in [0.2, 0.25) is 0 Å². The number of nitrogens with zero attached hydrogens (tertiary/aromatic N) is 1. The van der Waals surface area contributed by atoms with Crippen molar-refractivity contribution in [3.8, 4) is 0 Å². The normalized spacial score (nSPS) is 23.2. The summed E-state index contributed by atoms with van der Waals surface area (Å²) in [6, 6.07) is 0.210. The van der Waals surface area contributed by atoms with Crippen LogP contribution in [0.4, 0.5) is 0 Å². The van der Waals surface area contributed by atoms with Crippen LogP contribution in [0.25, 0.3) is 0 Å². The molecule has 1 amide bonds. The SMILES string of the molecule is CCN(CC)S(=O)(=O)CC(=O)NC1CCCNC1C.Cl. The molecule has 120 valence electrons. The number of amides is 1. The van der Waals surface area contributed by atoms with Gasteiger partial charge in [-0.3, -0.25) is 4.79 Å². The molecule has 8 heteroatoms. The van der Waals surface area contributed by atoms with Gasteiger partial charge in [-0.15, -0.1) is 12.4 Å². The molecule has 0 saturated carbocycles. The van der Waals surface area contributed by atoms with Crippen LogP contribution in [0.3, 0.4) is 0 Å². The zero-order chi connectivity index (χ0) is 14.5. The number of piperidine rings is 1. The van der Waals surface area contributed by atoms with Crippen LogP contribution in [-0.4, -0.2) is 56.1 Å². The third-order valence-corrected chi connectivity index (χ3v) is 5.45. The van der Waals surface area contributed by atoms with E-state index in [0.717, 1.165) is 19.4 Å². The van der Waals surface area contributed by atoms with Crippen molar-refractivity contribution in [2.75, 3.05) is 25.4 Å². The molecular weight excluding hydrogens is 302 g/mol. The van der Waals surface area contributed by atoms with E-state index in [4.69, 9.17) is 0 Å². The van der Waals surface area contributed by atoms with E-state index >= 15 is 0 Å². The number of nitrogens with one attached hydrogen (secondary N) is 2. The van der Waals surface area contributed by atoms with Crippen LogP contribution in [0.1, 0.15) is 33.6 Å². The Hall–Kier alpha value is -0.370. The Balaban J connectivity index is 0.00000361. The summed E-state index contributed by atoms with van der Waals surface area (Å²) in [5.41, 5.74) is 0. The van der Waals surface area contributed by atoms with Gasteiger partial charge >= 0.3 is 0 Å². The van der Waals surface area contributed by atoms with Crippen LogP contribution in [0.15, 0.2) is 0 Å². The second-order valence-corrected chi connectivity index (χ2v) is 6.87. The molecule has 0 aromatic rings. The van der Waals surface area contributed by atoms with Crippen molar-refractivity contribution in [3.63, 3.8) is 0 Å². The van der Waals surface area contributed by atoms with Gasteiger partial charge < -0.3 is 10.6 Å². The first-order chi connectivity index (χ1) is 8.90. The lowest BCUT2D eigenvalue weighted by atomic mass is 10.00. The fourth-order valence-electron chi connectivity index (χ4n) is 2.36. The minimum absolute atomic E-state index is 0. The molecule has 1 aliphatic rings. The van der Waals surface area contributed by atoms with E-state index in [9.17, 15) is 13.2 Å². The Morgan fingerprint density at radius 3 is 2.45 bits per heavy atom. The number of rotatable bonds is 6. The van der Waals surface area contributed by atoms with E-state index in [-0.39, 0.29) is 24.5 Å². The molecule has 0 aliphatic carbocycles. The molecular formula is C12H26ClN3O3S. The van der Waals surface area contributed by atoms with Crippen molar-refractivity contribution in [3.05, 3.63) is 0 Å². The Kier molecular flexibility index (Phi) is 8.65.